The van der Waals surface area contributed by atoms with Gasteiger partial charge in [-0.05, 0) is 98.9 Å². The SMILES string of the molecule is CC[C@H](C)[C@@H]([C@@H](CC(=O)N1CCC[C@H]1[C@H](OC)[C@@H](C)C(=O)C[C@@H](Cc1ccccc1)C(=O)O)OC)N(C)C(=O)[C@@H](CC(=O)[C@@H]1[C@H]2CC[C@H](C2)N1C(=O)CCCC(C=NCCOCCOCCOCCOc1ccc(-c2nnc(S(C)(=O)=O)o2)cc1)=NN)C(C)C. The zero-order valence-corrected chi connectivity index (χ0v) is 54.8. The molecule has 90 heavy (non-hydrogen) atoms. The van der Waals surface area contributed by atoms with Crippen LogP contribution in [0, 0.1) is 35.5 Å². The summed E-state index contributed by atoms with van der Waals surface area (Å²) in [6.45, 7) is 12.9. The van der Waals surface area contributed by atoms with E-state index in [4.69, 9.17) is 38.7 Å². The summed E-state index contributed by atoms with van der Waals surface area (Å²) in [7, 11) is 1.18. The predicted octanol–water partition coefficient (Wildman–Crippen LogP) is 6.56. The maximum Gasteiger partial charge on any atom is 0.335 e. The molecule has 1 aliphatic carbocycles. The first-order chi connectivity index (χ1) is 43.1. The number of fused-ring (bicyclic) bond motifs is 2. The second kappa shape index (κ2) is 35.9. The third kappa shape index (κ3) is 20.5. The van der Waals surface area contributed by atoms with Gasteiger partial charge < -0.3 is 58.5 Å². The Morgan fingerprint density at radius 2 is 1.52 bits per heavy atom. The molecule has 3 amide bonds. The number of rotatable bonds is 41. The molecule has 3 fully saturated rings. The van der Waals surface area contributed by atoms with Crippen LogP contribution in [0.4, 0.5) is 0 Å². The fraction of sp³-hybridized carbons (Fsp3) is 0.662. The number of carboxylic acids is 1. The summed E-state index contributed by atoms with van der Waals surface area (Å²) >= 11 is 0. The first-order valence-electron chi connectivity index (χ1n) is 31.6. The first-order valence-corrected chi connectivity index (χ1v) is 33.5. The van der Waals surface area contributed by atoms with Crippen LogP contribution >= 0.6 is 0 Å². The molecule has 2 bridgehead atoms. The van der Waals surface area contributed by atoms with Crippen molar-refractivity contribution in [3.05, 3.63) is 60.2 Å². The summed E-state index contributed by atoms with van der Waals surface area (Å²) in [6.07, 6.45) is 6.54. The number of Topliss-reactive ketones (excluding diaryl/α,β-unsaturated/α-hetero) is 2. The monoisotopic (exact) mass is 1280 g/mol. The lowest BCUT2D eigenvalue weighted by Gasteiger charge is -2.41. The highest BCUT2D eigenvalue weighted by molar-refractivity contribution is 7.90. The minimum atomic E-state index is -3.60. The minimum Gasteiger partial charge on any atom is -0.491 e. The number of methoxy groups -OCH3 is 2. The second-order valence-electron chi connectivity index (χ2n) is 24.3. The Labute approximate surface area is 530 Å². The molecule has 2 aliphatic heterocycles. The number of sulfone groups is 1. The van der Waals surface area contributed by atoms with Gasteiger partial charge in [0.25, 0.3) is 0 Å². The average Bonchev–Trinajstić information content (AvgIpc) is 1.62. The summed E-state index contributed by atoms with van der Waals surface area (Å²) in [5.74, 6) is 1.83. The number of aromatic nitrogens is 2. The average molecular weight is 1280 g/mol. The van der Waals surface area contributed by atoms with E-state index in [2.05, 4.69) is 20.3 Å². The van der Waals surface area contributed by atoms with Crippen LogP contribution in [-0.2, 0) is 68.7 Å². The molecule has 1 aromatic heterocycles. The summed E-state index contributed by atoms with van der Waals surface area (Å²) < 4.78 is 63.0. The zero-order valence-electron chi connectivity index (χ0n) is 53.9. The minimum absolute atomic E-state index is 0.0135. The van der Waals surface area contributed by atoms with Crippen molar-refractivity contribution in [3.8, 4) is 17.2 Å². The third-order valence-corrected chi connectivity index (χ3v) is 18.7. The van der Waals surface area contributed by atoms with E-state index >= 15 is 0 Å². The van der Waals surface area contributed by atoms with Crippen LogP contribution in [0.5, 0.6) is 5.75 Å². The van der Waals surface area contributed by atoms with Crippen LogP contribution in [-0.4, -0.2) is 209 Å². The van der Waals surface area contributed by atoms with E-state index in [0.29, 0.717) is 108 Å². The molecule has 11 atom stereocenters. The van der Waals surface area contributed by atoms with Crippen molar-refractivity contribution in [2.24, 2.45) is 51.4 Å². The molecule has 3 aromatic rings. The number of aliphatic carboxylic acids is 1. The molecule has 25 heteroatoms. The Morgan fingerprint density at radius 3 is 2.13 bits per heavy atom. The third-order valence-electron chi connectivity index (χ3n) is 17.9. The van der Waals surface area contributed by atoms with Gasteiger partial charge in [0.05, 0.1) is 94.6 Å². The molecule has 3 aliphatic rings. The van der Waals surface area contributed by atoms with Crippen molar-refractivity contribution in [1.82, 2.24) is 24.9 Å². The normalized spacial score (nSPS) is 20.0. The van der Waals surface area contributed by atoms with Crippen molar-refractivity contribution < 1.29 is 75.1 Å². The summed E-state index contributed by atoms with van der Waals surface area (Å²) in [5, 5.41) is 20.9. The number of benzene rings is 2. The fourth-order valence-electron chi connectivity index (χ4n) is 12.8. The first kappa shape index (κ1) is 72.6. The Balaban J connectivity index is 0.912. The lowest BCUT2D eigenvalue weighted by atomic mass is 9.83. The standard InChI is InChI=1S/C65H96N8O16S/c1-10-43(4)59(56(83-7)40-58(77)72-28-15-19-53(72)61(84-8)44(5)54(74)38-48(64(79)80)36-45-16-12-11-13-17-45)71(6)63(78)52(42(2)3)39-55(75)60-47-21-24-50(37-47)73(60)57(76)20-14-18-49(68-66)41-67-27-29-85-30-31-86-32-33-87-34-35-88-51-25-22-46(23-26-51)62-69-70-65(89-62)90(9,81)82/h11-13,16-17,22-23,25-26,41-44,47-48,50,52-53,56,59-61H,10,14-15,18-21,24,27-40,66H2,1-9H3,(H,79,80)/t43-,44-,47-,48+,50+,52-,53-,56+,59-,60-,61+/m0/s1. The van der Waals surface area contributed by atoms with Gasteiger partial charge in [-0.25, -0.2) is 8.42 Å². The van der Waals surface area contributed by atoms with Crippen LogP contribution in [0.25, 0.3) is 11.5 Å². The fourth-order valence-corrected chi connectivity index (χ4v) is 13.2. The quantitative estimate of drug-likeness (QED) is 0.0263. The molecule has 24 nitrogen and oxygen atoms in total. The maximum absolute atomic E-state index is 14.9. The Kier molecular flexibility index (Phi) is 29.0. The number of likely N-dealkylation sites (tertiary alicyclic amines) is 2. The van der Waals surface area contributed by atoms with Gasteiger partial charge in [0.2, 0.25) is 33.4 Å². The number of hydrogen-bond acceptors (Lipinski definition) is 20. The van der Waals surface area contributed by atoms with Crippen LogP contribution in [0.2, 0.25) is 0 Å². The number of amides is 3. The highest BCUT2D eigenvalue weighted by Gasteiger charge is 2.52. The van der Waals surface area contributed by atoms with E-state index in [0.717, 1.165) is 31.1 Å². The van der Waals surface area contributed by atoms with Crippen LogP contribution in [0.3, 0.4) is 0 Å². The maximum atomic E-state index is 14.9. The Bertz CT molecular complexity index is 2960. The molecule has 3 N–H and O–H groups in total. The summed E-state index contributed by atoms with van der Waals surface area (Å²) in [4.78, 5) is 93.8. The number of hydrogen-bond donors (Lipinski definition) is 2. The van der Waals surface area contributed by atoms with E-state index < -0.39 is 69.1 Å². The van der Waals surface area contributed by atoms with Gasteiger partial charge in [0.15, 0.2) is 5.78 Å². The molecule has 1 saturated carbocycles. The van der Waals surface area contributed by atoms with Gasteiger partial charge in [0.1, 0.15) is 18.1 Å². The number of likely N-dealkylation sites (N-methyl/N-ethyl adjacent to an activating group) is 1. The number of nitrogens with two attached hydrogens (primary N) is 1. The highest BCUT2D eigenvalue weighted by Crippen LogP contribution is 2.44. The topological polar surface area (TPSA) is 312 Å². The van der Waals surface area contributed by atoms with E-state index in [-0.39, 0.29) is 91.1 Å². The molecular weight excluding hydrogens is 1180 g/mol. The van der Waals surface area contributed by atoms with Crippen molar-refractivity contribution in [3.63, 3.8) is 0 Å². The van der Waals surface area contributed by atoms with Gasteiger partial charge in [-0.15, -0.1) is 5.10 Å². The Hall–Kier alpha value is -6.51. The van der Waals surface area contributed by atoms with Crippen LogP contribution in [0.1, 0.15) is 117 Å². The van der Waals surface area contributed by atoms with E-state index in [9.17, 15) is 42.3 Å². The van der Waals surface area contributed by atoms with Gasteiger partial charge in [-0.3, -0.25) is 33.8 Å². The number of hydrazone groups is 1. The Morgan fingerprint density at radius 1 is 0.844 bits per heavy atom. The molecule has 0 radical (unpaired) electrons. The summed E-state index contributed by atoms with van der Waals surface area (Å²) in [5.41, 5.74) is 1.91. The van der Waals surface area contributed by atoms with Crippen molar-refractivity contribution in [1.29, 1.82) is 0 Å². The van der Waals surface area contributed by atoms with Crippen LogP contribution in [0.15, 0.2) is 74.3 Å². The predicted molar refractivity (Wildman–Crippen MR) is 336 cm³/mol. The lowest BCUT2D eigenvalue weighted by molar-refractivity contribution is -0.150. The smallest absolute Gasteiger partial charge is 0.335 e. The largest absolute Gasteiger partial charge is 0.491 e. The molecule has 3 heterocycles. The summed E-state index contributed by atoms with van der Waals surface area (Å²) in [6, 6.07) is 14.4. The molecule has 2 saturated heterocycles. The van der Waals surface area contributed by atoms with Gasteiger partial charge in [0, 0.05) is 83.0 Å². The highest BCUT2D eigenvalue weighted by atomic mass is 32.2. The molecule has 0 spiro atoms. The molecule has 2 aromatic carbocycles. The number of carbonyl (C=O) groups excluding carboxylic acids is 5. The van der Waals surface area contributed by atoms with Gasteiger partial charge in [-0.2, -0.15) is 5.10 Å². The number of piperidine rings is 1. The van der Waals surface area contributed by atoms with E-state index in [1.165, 1.54) is 14.2 Å². The molecule has 6 rings (SSSR count). The lowest BCUT2D eigenvalue weighted by Crippen LogP contribution is -2.54. The van der Waals surface area contributed by atoms with Gasteiger partial charge >= 0.3 is 11.2 Å². The zero-order chi connectivity index (χ0) is 65.5. The number of carbonyl (C=O) groups is 6. The molecular formula is C65H96N8O16S. The van der Waals surface area contributed by atoms with Crippen molar-refractivity contribution in [2.45, 2.75) is 160 Å². The van der Waals surface area contributed by atoms with E-state index in [1.807, 2.05) is 58.0 Å². The van der Waals surface area contributed by atoms with Crippen molar-refractivity contribution >= 4 is 57.0 Å². The number of ketones is 2. The molecule has 0 unspecified atom stereocenters. The second-order valence-corrected chi connectivity index (χ2v) is 26.2. The van der Waals surface area contributed by atoms with Crippen molar-refractivity contribution in [2.75, 3.05) is 86.9 Å². The number of nitrogens with zero attached hydrogens (tertiary/aromatic N) is 7. The number of ether oxygens (including phenoxy) is 6. The number of carboxylic acid groups (broad SMARTS) is 1. The van der Waals surface area contributed by atoms with E-state index in [1.54, 1.807) is 59.2 Å². The molecule has 498 valence electrons. The number of aliphatic imine (C=N–C) groups is 1. The van der Waals surface area contributed by atoms with Crippen LogP contribution < -0.4 is 10.6 Å². The van der Waals surface area contributed by atoms with Gasteiger partial charge in [-0.1, -0.05) is 76.5 Å².